The summed E-state index contributed by atoms with van der Waals surface area (Å²) in [6.45, 7) is 2.89. The maximum absolute atomic E-state index is 12.6. The third kappa shape index (κ3) is 3.01. The lowest BCUT2D eigenvalue weighted by Gasteiger charge is -2.33. The second-order valence-corrected chi connectivity index (χ2v) is 7.20. The van der Waals surface area contributed by atoms with E-state index in [2.05, 4.69) is 0 Å². The van der Waals surface area contributed by atoms with Crippen LogP contribution >= 0.6 is 0 Å². The van der Waals surface area contributed by atoms with Crippen LogP contribution in [0.5, 0.6) is 0 Å². The van der Waals surface area contributed by atoms with E-state index in [9.17, 15) is 8.42 Å². The van der Waals surface area contributed by atoms with Gasteiger partial charge in [-0.3, -0.25) is 0 Å². The lowest BCUT2D eigenvalue weighted by Crippen LogP contribution is -2.44. The Hall–Kier alpha value is -1.42. The number of nitriles is 1. The Bertz CT molecular complexity index is 620. The van der Waals surface area contributed by atoms with E-state index < -0.39 is 10.0 Å². The van der Waals surface area contributed by atoms with Crippen molar-refractivity contribution in [1.82, 2.24) is 4.31 Å². The number of nitrogens with zero attached hydrogens (tertiary/aromatic N) is 2. The molecule has 1 saturated heterocycles. The smallest absolute Gasteiger partial charge is 0.243 e. The zero-order chi connectivity index (χ0) is 14.8. The number of piperidine rings is 1. The van der Waals surface area contributed by atoms with Gasteiger partial charge in [0.25, 0.3) is 0 Å². The molecule has 1 aliphatic rings. The topological polar surface area (TPSA) is 87.2 Å². The van der Waals surface area contributed by atoms with Crippen LogP contribution in [0.4, 0.5) is 0 Å². The van der Waals surface area contributed by atoms with Gasteiger partial charge in [0.05, 0.1) is 16.5 Å². The van der Waals surface area contributed by atoms with Crippen LogP contribution in [-0.4, -0.2) is 31.9 Å². The summed E-state index contributed by atoms with van der Waals surface area (Å²) in [6.07, 6.45) is 1.78. The van der Waals surface area contributed by atoms with E-state index in [0.29, 0.717) is 18.7 Å². The van der Waals surface area contributed by atoms with Crippen molar-refractivity contribution >= 4 is 10.0 Å². The fraction of sp³-hybridized carbons (Fsp3) is 0.500. The Morgan fingerprint density at radius 3 is 2.90 bits per heavy atom. The molecule has 1 aromatic rings. The minimum Gasteiger partial charge on any atom is -0.328 e. The van der Waals surface area contributed by atoms with E-state index in [1.807, 2.05) is 13.0 Å². The van der Waals surface area contributed by atoms with Gasteiger partial charge >= 0.3 is 0 Å². The first-order valence-corrected chi connectivity index (χ1v) is 8.15. The molecule has 6 heteroatoms. The maximum atomic E-state index is 12.6. The lowest BCUT2D eigenvalue weighted by molar-refractivity contribution is 0.243. The third-order valence-corrected chi connectivity index (χ3v) is 5.63. The van der Waals surface area contributed by atoms with E-state index in [0.717, 1.165) is 12.8 Å². The van der Waals surface area contributed by atoms with Crippen molar-refractivity contribution in [2.75, 3.05) is 13.1 Å². The SMILES string of the molecule is C[C@H](N)[C@@H]1CCCN(S(=O)(=O)c2cccc(C#N)c2)C1. The molecule has 0 saturated carbocycles. The van der Waals surface area contributed by atoms with Crippen LogP contribution in [0, 0.1) is 17.2 Å². The zero-order valence-corrected chi connectivity index (χ0v) is 12.3. The van der Waals surface area contributed by atoms with Gasteiger partial charge in [0, 0.05) is 19.1 Å². The van der Waals surface area contributed by atoms with Gasteiger partial charge < -0.3 is 5.73 Å². The quantitative estimate of drug-likeness (QED) is 0.910. The molecule has 0 bridgehead atoms. The number of rotatable bonds is 3. The van der Waals surface area contributed by atoms with Gasteiger partial charge in [0.2, 0.25) is 10.0 Å². The van der Waals surface area contributed by atoms with Gasteiger partial charge in [-0.15, -0.1) is 0 Å². The summed E-state index contributed by atoms with van der Waals surface area (Å²) in [5.41, 5.74) is 6.25. The Kier molecular flexibility index (Phi) is 4.43. The zero-order valence-electron chi connectivity index (χ0n) is 11.5. The maximum Gasteiger partial charge on any atom is 0.243 e. The first-order chi connectivity index (χ1) is 9.45. The summed E-state index contributed by atoms with van der Waals surface area (Å²) in [4.78, 5) is 0.182. The summed E-state index contributed by atoms with van der Waals surface area (Å²) in [7, 11) is -3.53. The number of benzene rings is 1. The molecule has 1 aromatic carbocycles. The molecule has 2 N–H and O–H groups in total. The summed E-state index contributed by atoms with van der Waals surface area (Å²) in [6, 6.07) is 8.10. The molecular formula is C14H19N3O2S. The highest BCUT2D eigenvalue weighted by molar-refractivity contribution is 7.89. The molecular weight excluding hydrogens is 274 g/mol. The monoisotopic (exact) mass is 293 g/mol. The Balaban J connectivity index is 2.28. The van der Waals surface area contributed by atoms with Crippen molar-refractivity contribution < 1.29 is 8.42 Å². The highest BCUT2D eigenvalue weighted by Gasteiger charge is 2.31. The molecule has 1 heterocycles. The van der Waals surface area contributed by atoms with Gasteiger partial charge in [-0.25, -0.2) is 8.42 Å². The first-order valence-electron chi connectivity index (χ1n) is 6.71. The van der Waals surface area contributed by atoms with Gasteiger partial charge in [0.1, 0.15) is 0 Å². The average Bonchev–Trinajstić information content (AvgIpc) is 2.47. The molecule has 1 fully saturated rings. The Morgan fingerprint density at radius 2 is 2.25 bits per heavy atom. The fourth-order valence-electron chi connectivity index (χ4n) is 2.50. The van der Waals surface area contributed by atoms with Crippen molar-refractivity contribution in [3.05, 3.63) is 29.8 Å². The molecule has 0 spiro atoms. The van der Waals surface area contributed by atoms with Crippen LogP contribution < -0.4 is 5.73 Å². The standard InChI is InChI=1S/C14H19N3O2S/c1-11(16)13-5-3-7-17(10-13)20(18,19)14-6-2-4-12(8-14)9-15/h2,4,6,8,11,13H,3,5,7,10,16H2,1H3/t11-,13+/m0/s1. The van der Waals surface area contributed by atoms with E-state index in [-0.39, 0.29) is 16.9 Å². The molecule has 20 heavy (non-hydrogen) atoms. The average molecular weight is 293 g/mol. The summed E-state index contributed by atoms with van der Waals surface area (Å²) in [5.74, 6) is 0.192. The minimum absolute atomic E-state index is 0.0153. The third-order valence-electron chi connectivity index (χ3n) is 3.77. The highest BCUT2D eigenvalue weighted by Crippen LogP contribution is 2.25. The second-order valence-electron chi connectivity index (χ2n) is 5.26. The molecule has 1 aliphatic heterocycles. The first kappa shape index (κ1) is 15.0. The van der Waals surface area contributed by atoms with E-state index in [1.54, 1.807) is 12.1 Å². The number of sulfonamides is 1. The van der Waals surface area contributed by atoms with Crippen LogP contribution in [0.15, 0.2) is 29.2 Å². The van der Waals surface area contributed by atoms with Gasteiger partial charge in [-0.1, -0.05) is 6.07 Å². The van der Waals surface area contributed by atoms with Crippen LogP contribution in [-0.2, 0) is 10.0 Å². The largest absolute Gasteiger partial charge is 0.328 e. The molecule has 5 nitrogen and oxygen atoms in total. The van der Waals surface area contributed by atoms with Crippen molar-refractivity contribution in [2.45, 2.75) is 30.7 Å². The minimum atomic E-state index is -3.53. The normalized spacial score (nSPS) is 22.1. The lowest BCUT2D eigenvalue weighted by atomic mass is 9.93. The Morgan fingerprint density at radius 1 is 1.50 bits per heavy atom. The molecule has 0 unspecified atom stereocenters. The molecule has 2 atom stereocenters. The highest BCUT2D eigenvalue weighted by atomic mass is 32.2. The fourth-order valence-corrected chi connectivity index (χ4v) is 4.08. The molecule has 108 valence electrons. The number of nitrogens with two attached hydrogens (primary N) is 1. The molecule has 0 aliphatic carbocycles. The summed E-state index contributed by atoms with van der Waals surface area (Å²) < 4.78 is 26.7. The van der Waals surface area contributed by atoms with Crippen LogP contribution in [0.25, 0.3) is 0 Å². The number of hydrogen-bond donors (Lipinski definition) is 1. The van der Waals surface area contributed by atoms with Crippen molar-refractivity contribution in [1.29, 1.82) is 5.26 Å². The predicted octanol–water partition coefficient (Wildman–Crippen LogP) is 1.31. The second kappa shape index (κ2) is 5.92. The van der Waals surface area contributed by atoms with Gasteiger partial charge in [-0.05, 0) is 43.9 Å². The molecule has 0 amide bonds. The molecule has 0 radical (unpaired) electrons. The Labute approximate surface area is 120 Å². The summed E-state index contributed by atoms with van der Waals surface area (Å²) in [5, 5.41) is 8.88. The van der Waals surface area contributed by atoms with Crippen molar-refractivity contribution in [3.63, 3.8) is 0 Å². The summed E-state index contributed by atoms with van der Waals surface area (Å²) >= 11 is 0. The number of hydrogen-bond acceptors (Lipinski definition) is 4. The van der Waals surface area contributed by atoms with Crippen LogP contribution in [0.3, 0.4) is 0 Å². The van der Waals surface area contributed by atoms with Crippen molar-refractivity contribution in [3.8, 4) is 6.07 Å². The van der Waals surface area contributed by atoms with Gasteiger partial charge in [-0.2, -0.15) is 9.57 Å². The molecule has 2 rings (SSSR count). The van der Waals surface area contributed by atoms with Gasteiger partial charge in [0.15, 0.2) is 0 Å². The van der Waals surface area contributed by atoms with E-state index >= 15 is 0 Å². The predicted molar refractivity (Wildman–Crippen MR) is 76.3 cm³/mol. The molecule has 0 aromatic heterocycles. The van der Waals surface area contributed by atoms with E-state index in [1.165, 1.54) is 16.4 Å². The van der Waals surface area contributed by atoms with Crippen molar-refractivity contribution in [2.24, 2.45) is 11.7 Å². The van der Waals surface area contributed by atoms with E-state index in [4.69, 9.17) is 11.0 Å². The van der Waals surface area contributed by atoms with Crippen LogP contribution in [0.2, 0.25) is 0 Å². The van der Waals surface area contributed by atoms with Crippen LogP contribution in [0.1, 0.15) is 25.3 Å².